The fraction of sp³-hybridized carbons (Fsp3) is 0.500. The van der Waals surface area contributed by atoms with Crippen LogP contribution in [-0.2, 0) is 21.3 Å². The predicted octanol–water partition coefficient (Wildman–Crippen LogP) is 3.06. The molecule has 162 valence electrons. The van der Waals surface area contributed by atoms with Gasteiger partial charge in [0.05, 0.1) is 4.90 Å². The first-order chi connectivity index (χ1) is 14.2. The number of ether oxygens (including phenoxy) is 1. The van der Waals surface area contributed by atoms with Crippen LogP contribution in [0.1, 0.15) is 50.3 Å². The van der Waals surface area contributed by atoms with Crippen molar-refractivity contribution in [3.63, 3.8) is 0 Å². The van der Waals surface area contributed by atoms with Gasteiger partial charge in [0.1, 0.15) is 6.10 Å². The van der Waals surface area contributed by atoms with Gasteiger partial charge in [-0.1, -0.05) is 6.07 Å². The molecule has 0 spiro atoms. The highest BCUT2D eigenvalue weighted by atomic mass is 32.2. The van der Waals surface area contributed by atoms with Crippen molar-refractivity contribution in [3.8, 4) is 0 Å². The Hall–Kier alpha value is -2.59. The van der Waals surface area contributed by atoms with Crippen LogP contribution in [0.15, 0.2) is 29.2 Å². The summed E-state index contributed by atoms with van der Waals surface area (Å²) in [5.41, 5.74) is 2.41. The van der Waals surface area contributed by atoms with Crippen molar-refractivity contribution in [2.45, 2.75) is 62.6 Å². The Kier molecular flexibility index (Phi) is 5.46. The van der Waals surface area contributed by atoms with Crippen LogP contribution in [-0.4, -0.2) is 48.8 Å². The molecule has 1 aliphatic carbocycles. The number of hydrogen-bond acceptors (Lipinski definition) is 6. The topological polar surface area (TPSA) is 116 Å². The summed E-state index contributed by atoms with van der Waals surface area (Å²) in [6.45, 7) is 4.16. The van der Waals surface area contributed by atoms with E-state index < -0.39 is 10.0 Å². The lowest BCUT2D eigenvalue weighted by Crippen LogP contribution is -2.35. The minimum atomic E-state index is -3.42. The van der Waals surface area contributed by atoms with E-state index in [1.54, 1.807) is 24.1 Å². The van der Waals surface area contributed by atoms with Crippen LogP contribution < -0.4 is 10.0 Å². The van der Waals surface area contributed by atoms with Crippen molar-refractivity contribution in [2.24, 2.45) is 0 Å². The lowest BCUT2D eigenvalue weighted by atomic mass is 10.0. The number of hydrogen-bond donors (Lipinski definition) is 3. The van der Waals surface area contributed by atoms with Crippen LogP contribution in [0.2, 0.25) is 0 Å². The molecule has 3 N–H and O–H groups in total. The molecule has 1 amide bonds. The van der Waals surface area contributed by atoms with E-state index in [9.17, 15) is 13.2 Å². The summed E-state index contributed by atoms with van der Waals surface area (Å²) in [6.07, 6.45) is 2.09. The molecule has 1 aromatic heterocycles. The van der Waals surface area contributed by atoms with E-state index in [1.807, 2.05) is 26.0 Å². The second-order valence-corrected chi connectivity index (χ2v) is 9.90. The Labute approximate surface area is 176 Å². The van der Waals surface area contributed by atoms with Crippen molar-refractivity contribution in [3.05, 3.63) is 35.5 Å². The van der Waals surface area contributed by atoms with E-state index in [-0.39, 0.29) is 30.7 Å². The lowest BCUT2D eigenvalue weighted by Gasteiger charge is -2.23. The van der Waals surface area contributed by atoms with Crippen LogP contribution >= 0.6 is 0 Å². The highest BCUT2D eigenvalue weighted by molar-refractivity contribution is 7.89. The molecule has 4 rings (SSSR count). The number of carbonyl (C=O) groups is 1. The zero-order valence-corrected chi connectivity index (χ0v) is 18.1. The van der Waals surface area contributed by atoms with Gasteiger partial charge in [-0.15, -0.1) is 0 Å². The first-order valence-corrected chi connectivity index (χ1v) is 11.6. The summed E-state index contributed by atoms with van der Waals surface area (Å²) in [5.74, 6) is 0.862. The molecule has 1 aliphatic heterocycles. The van der Waals surface area contributed by atoms with E-state index in [1.165, 1.54) is 0 Å². The molecular formula is C20H27N5O4S. The Bertz CT molecular complexity index is 1050. The minimum Gasteiger partial charge on any atom is -0.446 e. The second-order valence-electron chi connectivity index (χ2n) is 8.16. The summed E-state index contributed by atoms with van der Waals surface area (Å²) in [6, 6.07) is 7.18. The van der Waals surface area contributed by atoms with Crippen LogP contribution in [0, 0.1) is 0 Å². The van der Waals surface area contributed by atoms with Gasteiger partial charge >= 0.3 is 6.09 Å². The molecule has 1 saturated carbocycles. The van der Waals surface area contributed by atoms with E-state index in [2.05, 4.69) is 20.2 Å². The normalized spacial score (nSPS) is 22.1. The van der Waals surface area contributed by atoms with E-state index in [0.717, 1.165) is 25.0 Å². The Morgan fingerprint density at radius 1 is 1.33 bits per heavy atom. The molecule has 0 unspecified atom stereocenters. The number of fused-ring (bicyclic) bond motifs is 1. The number of aromatic nitrogens is 2. The summed E-state index contributed by atoms with van der Waals surface area (Å²) in [7, 11) is -1.68. The average molecular weight is 434 g/mol. The maximum atomic E-state index is 12.2. The van der Waals surface area contributed by atoms with Crippen molar-refractivity contribution < 1.29 is 17.9 Å². The number of sulfonamides is 1. The molecule has 0 bridgehead atoms. The molecule has 1 aromatic carbocycles. The van der Waals surface area contributed by atoms with Crippen molar-refractivity contribution >= 4 is 27.6 Å². The largest absolute Gasteiger partial charge is 0.446 e. The predicted molar refractivity (Wildman–Crippen MR) is 112 cm³/mol. The maximum absolute atomic E-state index is 12.2. The quantitative estimate of drug-likeness (QED) is 0.667. The standard InChI is InChI=1S/C20H27N5O4S/c1-12(2)25(3)20(26)29-14-8-7-13(9-14)17-10-19(24-23-17)22-16-5-4-6-18-15(16)11-21-30(18,27)28/h4-6,10,12-14,21H,7-9,11H2,1-3H3,(H2,22,23,24)/t13-,14+/m0/s1. The highest BCUT2D eigenvalue weighted by Crippen LogP contribution is 2.37. The lowest BCUT2D eigenvalue weighted by molar-refractivity contribution is 0.0645. The molecule has 2 heterocycles. The molecule has 2 aromatic rings. The van der Waals surface area contributed by atoms with Gasteiger partial charge in [0.2, 0.25) is 10.0 Å². The third kappa shape index (κ3) is 4.01. The Morgan fingerprint density at radius 3 is 2.90 bits per heavy atom. The first-order valence-electron chi connectivity index (χ1n) is 10.1. The number of aromatic amines is 1. The maximum Gasteiger partial charge on any atom is 0.410 e. The fourth-order valence-corrected chi connectivity index (χ4v) is 5.13. The fourth-order valence-electron chi connectivity index (χ4n) is 3.88. The zero-order valence-electron chi connectivity index (χ0n) is 17.3. The molecule has 0 radical (unpaired) electrons. The average Bonchev–Trinajstić information content (AvgIpc) is 3.41. The van der Waals surface area contributed by atoms with E-state index in [0.29, 0.717) is 22.0 Å². The molecule has 2 aliphatic rings. The van der Waals surface area contributed by atoms with Crippen LogP contribution in [0.25, 0.3) is 0 Å². The third-order valence-electron chi connectivity index (χ3n) is 5.88. The van der Waals surface area contributed by atoms with Gasteiger partial charge in [-0.2, -0.15) is 5.10 Å². The van der Waals surface area contributed by atoms with Crippen LogP contribution in [0.4, 0.5) is 16.3 Å². The number of anilines is 2. The molecule has 2 atom stereocenters. The van der Waals surface area contributed by atoms with Crippen LogP contribution in [0.3, 0.4) is 0 Å². The summed E-state index contributed by atoms with van der Waals surface area (Å²) in [4.78, 5) is 14.1. The monoisotopic (exact) mass is 433 g/mol. The number of rotatable bonds is 5. The number of carbonyl (C=O) groups excluding carboxylic acids is 1. The van der Waals surface area contributed by atoms with E-state index in [4.69, 9.17) is 4.74 Å². The Morgan fingerprint density at radius 2 is 2.13 bits per heavy atom. The summed E-state index contributed by atoms with van der Waals surface area (Å²) < 4.78 is 32.2. The van der Waals surface area contributed by atoms with Crippen molar-refractivity contribution in [2.75, 3.05) is 12.4 Å². The SMILES string of the molecule is CC(C)N(C)C(=O)O[C@@H]1CC[C@H](c2cc(Nc3cccc4c3CNS4(=O)=O)n[nH]2)C1. The molecule has 9 nitrogen and oxygen atoms in total. The van der Waals surface area contributed by atoms with E-state index >= 15 is 0 Å². The zero-order chi connectivity index (χ0) is 21.5. The molecule has 1 fully saturated rings. The van der Waals surface area contributed by atoms with Gasteiger partial charge in [-0.3, -0.25) is 5.10 Å². The minimum absolute atomic E-state index is 0.0977. The van der Waals surface area contributed by atoms with Gasteiger partial charge in [0.25, 0.3) is 0 Å². The van der Waals surface area contributed by atoms with Gasteiger partial charge in [0, 0.05) is 48.6 Å². The summed E-state index contributed by atoms with van der Waals surface area (Å²) >= 11 is 0. The molecule has 10 heteroatoms. The van der Waals surface area contributed by atoms with Gasteiger partial charge in [0.15, 0.2) is 5.82 Å². The van der Waals surface area contributed by atoms with Crippen molar-refractivity contribution in [1.29, 1.82) is 0 Å². The van der Waals surface area contributed by atoms with Gasteiger partial charge < -0.3 is 15.0 Å². The highest BCUT2D eigenvalue weighted by Gasteiger charge is 2.31. The summed E-state index contributed by atoms with van der Waals surface area (Å²) in [5, 5.41) is 10.6. The smallest absolute Gasteiger partial charge is 0.410 e. The Balaban J connectivity index is 1.40. The number of H-pyrrole nitrogens is 1. The van der Waals surface area contributed by atoms with Crippen molar-refractivity contribution in [1.82, 2.24) is 19.8 Å². The number of amides is 1. The first kappa shape index (κ1) is 20.7. The second kappa shape index (κ2) is 7.92. The number of benzene rings is 1. The third-order valence-corrected chi connectivity index (χ3v) is 7.36. The number of nitrogens with zero attached hydrogens (tertiary/aromatic N) is 2. The molecule has 30 heavy (non-hydrogen) atoms. The van der Waals surface area contributed by atoms with Crippen LogP contribution in [0.5, 0.6) is 0 Å². The molecule has 0 saturated heterocycles. The van der Waals surface area contributed by atoms with Gasteiger partial charge in [-0.25, -0.2) is 17.9 Å². The van der Waals surface area contributed by atoms with Gasteiger partial charge in [-0.05, 0) is 45.2 Å². The number of nitrogens with one attached hydrogen (secondary N) is 3. The molecular weight excluding hydrogens is 406 g/mol.